The summed E-state index contributed by atoms with van der Waals surface area (Å²) in [6.07, 6.45) is 8.73. The van der Waals surface area contributed by atoms with Crippen molar-refractivity contribution >= 4 is 0 Å². The Morgan fingerprint density at radius 1 is 0.852 bits per heavy atom. The van der Waals surface area contributed by atoms with E-state index in [4.69, 9.17) is 0 Å². The highest BCUT2D eigenvalue weighted by atomic mass is 15.0. The first-order chi connectivity index (χ1) is 13.3. The average molecular weight is 353 g/mol. The molecular formula is C26H26N+. The summed E-state index contributed by atoms with van der Waals surface area (Å²) in [5.41, 5.74) is 10.2. The molecule has 2 unspecified atom stereocenters. The van der Waals surface area contributed by atoms with E-state index in [1.54, 1.807) is 5.56 Å². The number of aryl methyl sites for hydroxylation is 4. The molecule has 1 heteroatoms. The molecule has 8 rings (SSSR count). The molecule has 0 saturated heterocycles. The van der Waals surface area contributed by atoms with Gasteiger partial charge in [-0.2, -0.15) is 4.57 Å². The van der Waals surface area contributed by atoms with Crippen LogP contribution < -0.4 is 4.57 Å². The fourth-order valence-electron chi connectivity index (χ4n) is 5.04. The summed E-state index contributed by atoms with van der Waals surface area (Å²) in [5.74, 6) is 0.441. The minimum absolute atomic E-state index is 0.314. The average Bonchev–Trinajstić information content (AvgIpc) is 2.70. The molecule has 4 aliphatic carbocycles. The summed E-state index contributed by atoms with van der Waals surface area (Å²) in [6.45, 7) is 6.54. The van der Waals surface area contributed by atoms with Crippen molar-refractivity contribution in [1.29, 1.82) is 0 Å². The van der Waals surface area contributed by atoms with E-state index in [9.17, 15) is 0 Å². The Labute approximate surface area is 162 Å². The molecule has 2 heterocycles. The van der Waals surface area contributed by atoms with Crippen molar-refractivity contribution in [3.63, 3.8) is 0 Å². The molecule has 0 saturated carbocycles. The van der Waals surface area contributed by atoms with Crippen molar-refractivity contribution in [2.75, 3.05) is 0 Å². The molecule has 1 nitrogen and oxygen atoms in total. The third-order valence-electron chi connectivity index (χ3n) is 6.49. The van der Waals surface area contributed by atoms with Crippen LogP contribution in [0.1, 0.15) is 46.7 Å². The van der Waals surface area contributed by atoms with E-state index in [0.717, 1.165) is 25.7 Å². The lowest BCUT2D eigenvalue weighted by Gasteiger charge is -2.30. The van der Waals surface area contributed by atoms with E-state index in [-0.39, 0.29) is 0 Å². The first-order valence-electron chi connectivity index (χ1n) is 10.1. The Hall–Kier alpha value is -2.67. The zero-order chi connectivity index (χ0) is 18.4. The van der Waals surface area contributed by atoms with Crippen molar-refractivity contribution in [2.45, 2.75) is 44.6 Å². The number of nitrogens with zero attached hydrogens (tertiary/aromatic N) is 1. The number of hydrogen-bond donors (Lipinski definition) is 0. The van der Waals surface area contributed by atoms with E-state index in [1.807, 2.05) is 0 Å². The quantitative estimate of drug-likeness (QED) is 0.409. The normalized spacial score (nSPS) is 20.3. The molecule has 2 atom stereocenters. The predicted octanol–water partition coefficient (Wildman–Crippen LogP) is 5.37. The zero-order valence-electron chi connectivity index (χ0n) is 16.0. The maximum atomic E-state index is 4.16. The maximum absolute atomic E-state index is 4.16. The smallest absolute Gasteiger partial charge is 0.191 e. The summed E-state index contributed by atoms with van der Waals surface area (Å²) >= 11 is 0. The van der Waals surface area contributed by atoms with Gasteiger partial charge in [0.1, 0.15) is 0 Å². The number of allylic oxidation sites excluding steroid dienone is 1. The van der Waals surface area contributed by atoms with Gasteiger partial charge in [0.2, 0.25) is 5.69 Å². The highest BCUT2D eigenvalue weighted by Gasteiger charge is 2.38. The van der Waals surface area contributed by atoms with Crippen LogP contribution in [0.5, 0.6) is 0 Å². The number of benzene rings is 2. The molecule has 0 fully saturated rings. The summed E-state index contributed by atoms with van der Waals surface area (Å²) in [4.78, 5) is 0. The number of aromatic nitrogens is 1. The van der Waals surface area contributed by atoms with Crippen LogP contribution in [0, 0.1) is 0 Å². The summed E-state index contributed by atoms with van der Waals surface area (Å²) in [7, 11) is 0. The van der Waals surface area contributed by atoms with Gasteiger partial charge in [0.15, 0.2) is 12.2 Å². The highest BCUT2D eigenvalue weighted by molar-refractivity contribution is 5.70. The Morgan fingerprint density at radius 3 is 2.22 bits per heavy atom. The van der Waals surface area contributed by atoms with Crippen LogP contribution in [0.4, 0.5) is 0 Å². The molecule has 0 amide bonds. The number of rotatable bonds is 1. The van der Waals surface area contributed by atoms with Gasteiger partial charge >= 0.3 is 0 Å². The largest absolute Gasteiger partial charge is 0.213 e. The maximum Gasteiger partial charge on any atom is 0.213 e. The molecule has 1 aromatic heterocycles. The van der Waals surface area contributed by atoms with Crippen LogP contribution in [0.2, 0.25) is 0 Å². The highest BCUT2D eigenvalue weighted by Crippen LogP contribution is 2.42. The first-order valence-corrected chi connectivity index (χ1v) is 10.1. The summed E-state index contributed by atoms with van der Waals surface area (Å²) in [5, 5.41) is 0. The minimum Gasteiger partial charge on any atom is -0.191 e. The van der Waals surface area contributed by atoms with Gasteiger partial charge in [-0.25, -0.2) is 0 Å². The lowest BCUT2D eigenvalue weighted by atomic mass is 9.77. The lowest BCUT2D eigenvalue weighted by molar-refractivity contribution is -0.706. The standard InChI is InChI=1S/C26H26N/c1-3-23-18(2)25-21-13-11-19-7-9-20(10-8-19)12-14-22(16-15-21)26(25)24-6-4-5-17-27(23)24/h3-10,15-18,23H,1,11-14H2,2H3/q+1. The molecule has 4 bridgehead atoms. The van der Waals surface area contributed by atoms with Crippen molar-refractivity contribution in [3.05, 3.63) is 101 Å². The Bertz CT molecular complexity index is 1010. The Balaban J connectivity index is 1.75. The van der Waals surface area contributed by atoms with Crippen LogP contribution in [0.25, 0.3) is 11.3 Å². The van der Waals surface area contributed by atoms with Crippen molar-refractivity contribution in [2.24, 2.45) is 0 Å². The van der Waals surface area contributed by atoms with E-state index in [1.165, 1.54) is 33.5 Å². The topological polar surface area (TPSA) is 3.88 Å². The van der Waals surface area contributed by atoms with Gasteiger partial charge in [-0.05, 0) is 65.6 Å². The number of fused-ring (bicyclic) bond motifs is 1. The van der Waals surface area contributed by atoms with Gasteiger partial charge in [-0.15, -0.1) is 0 Å². The van der Waals surface area contributed by atoms with Crippen LogP contribution in [-0.4, -0.2) is 0 Å². The van der Waals surface area contributed by atoms with Crippen molar-refractivity contribution < 1.29 is 4.57 Å². The second-order valence-corrected chi connectivity index (χ2v) is 8.00. The molecule has 2 aromatic carbocycles. The van der Waals surface area contributed by atoms with E-state index >= 15 is 0 Å². The fourth-order valence-corrected chi connectivity index (χ4v) is 5.04. The van der Waals surface area contributed by atoms with Gasteiger partial charge in [0.25, 0.3) is 0 Å². The Morgan fingerprint density at radius 2 is 1.52 bits per heavy atom. The zero-order valence-corrected chi connectivity index (χ0v) is 16.0. The van der Waals surface area contributed by atoms with Gasteiger partial charge in [0, 0.05) is 18.1 Å². The third kappa shape index (κ3) is 2.65. The summed E-state index contributed by atoms with van der Waals surface area (Å²) in [6, 6.07) is 21.0. The fraction of sp³-hybridized carbons (Fsp3) is 0.269. The molecule has 0 N–H and O–H groups in total. The molecule has 0 spiro atoms. The van der Waals surface area contributed by atoms with Gasteiger partial charge < -0.3 is 0 Å². The van der Waals surface area contributed by atoms with Crippen LogP contribution >= 0.6 is 0 Å². The van der Waals surface area contributed by atoms with Crippen molar-refractivity contribution in [3.8, 4) is 11.3 Å². The molecule has 0 radical (unpaired) electrons. The molecule has 27 heavy (non-hydrogen) atoms. The van der Waals surface area contributed by atoms with E-state index in [0.29, 0.717) is 12.0 Å². The van der Waals surface area contributed by atoms with E-state index in [2.05, 4.69) is 84.9 Å². The molecule has 5 aliphatic rings. The third-order valence-corrected chi connectivity index (χ3v) is 6.49. The van der Waals surface area contributed by atoms with Crippen molar-refractivity contribution in [1.82, 2.24) is 0 Å². The van der Waals surface area contributed by atoms with Crippen LogP contribution in [-0.2, 0) is 25.7 Å². The molecular weight excluding hydrogens is 326 g/mol. The van der Waals surface area contributed by atoms with E-state index < -0.39 is 0 Å². The SMILES string of the molecule is C=CC1C(C)c2c3ccc(c2-c2cccc[n+]21)CCc1ccc(cc1)CC3. The van der Waals surface area contributed by atoms with Gasteiger partial charge in [-0.1, -0.05) is 49.9 Å². The minimum atomic E-state index is 0.314. The molecule has 134 valence electrons. The second-order valence-electron chi connectivity index (χ2n) is 8.00. The predicted molar refractivity (Wildman–Crippen MR) is 111 cm³/mol. The second kappa shape index (κ2) is 6.49. The van der Waals surface area contributed by atoms with Crippen LogP contribution in [0.3, 0.4) is 0 Å². The van der Waals surface area contributed by atoms with Gasteiger partial charge in [-0.3, -0.25) is 0 Å². The molecule has 3 aromatic rings. The van der Waals surface area contributed by atoms with Crippen LogP contribution in [0.15, 0.2) is 73.4 Å². The first kappa shape index (κ1) is 16.5. The number of hydrogen-bond acceptors (Lipinski definition) is 0. The van der Waals surface area contributed by atoms with Gasteiger partial charge in [0.05, 0.1) is 5.56 Å². The monoisotopic (exact) mass is 352 g/mol. The Kier molecular flexibility index (Phi) is 3.97. The lowest BCUT2D eigenvalue weighted by Crippen LogP contribution is -2.46. The summed E-state index contributed by atoms with van der Waals surface area (Å²) < 4.78 is 2.42. The molecule has 1 aliphatic heterocycles. The number of pyridine rings is 1.